The Morgan fingerprint density at radius 3 is 2.28 bits per heavy atom. The zero-order chi connectivity index (χ0) is 25.9. The molecule has 8 nitrogen and oxygen atoms in total. The Morgan fingerprint density at radius 1 is 0.944 bits per heavy atom. The van der Waals surface area contributed by atoms with Gasteiger partial charge in [0, 0.05) is 37.2 Å². The van der Waals surface area contributed by atoms with E-state index in [0.29, 0.717) is 29.6 Å². The van der Waals surface area contributed by atoms with E-state index in [0.717, 1.165) is 33.6 Å². The lowest BCUT2D eigenvalue weighted by atomic mass is 10.0. The van der Waals surface area contributed by atoms with Gasteiger partial charge in [0.2, 0.25) is 5.95 Å². The van der Waals surface area contributed by atoms with Crippen LogP contribution in [0.4, 0.5) is 23.1 Å². The molecular weight excluding hydrogens is 452 g/mol. The van der Waals surface area contributed by atoms with E-state index < -0.39 is 0 Å². The van der Waals surface area contributed by atoms with Gasteiger partial charge in [-0.2, -0.15) is 15.5 Å². The van der Waals surface area contributed by atoms with E-state index in [4.69, 9.17) is 25.0 Å². The molecule has 0 amide bonds. The van der Waals surface area contributed by atoms with Gasteiger partial charge in [0.15, 0.2) is 0 Å². The molecule has 0 spiro atoms. The van der Waals surface area contributed by atoms with Crippen molar-refractivity contribution in [3.63, 3.8) is 0 Å². The second-order valence-electron chi connectivity index (χ2n) is 7.98. The predicted octanol–water partition coefficient (Wildman–Crippen LogP) is 5.80. The maximum Gasteiger partial charge on any atom is 0.229 e. The van der Waals surface area contributed by atoms with Gasteiger partial charge >= 0.3 is 0 Å². The molecule has 182 valence electrons. The largest absolute Gasteiger partial charge is 0.381 e. The maximum absolute atomic E-state index is 9.06. The summed E-state index contributed by atoms with van der Waals surface area (Å²) >= 11 is 0. The number of hydrogen-bond donors (Lipinski definition) is 2. The van der Waals surface area contributed by atoms with Gasteiger partial charge in [0.05, 0.1) is 36.6 Å². The van der Waals surface area contributed by atoms with Gasteiger partial charge in [-0.25, -0.2) is 4.98 Å². The van der Waals surface area contributed by atoms with Gasteiger partial charge in [-0.1, -0.05) is 12.2 Å². The topological polar surface area (TPSA) is 116 Å². The number of nitrogens with one attached hydrogen (secondary N) is 2. The smallest absolute Gasteiger partial charge is 0.229 e. The fraction of sp³-hybridized carbons (Fsp3) is 0.214. The highest BCUT2D eigenvalue weighted by atomic mass is 16.5. The Hall–Kier alpha value is -4.50. The Balaban J connectivity index is 2.08. The van der Waals surface area contributed by atoms with E-state index >= 15 is 0 Å². The van der Waals surface area contributed by atoms with Crippen molar-refractivity contribution in [2.24, 2.45) is 0 Å². The molecule has 2 N–H and O–H groups in total. The number of nitriles is 2. The minimum Gasteiger partial charge on any atom is -0.381 e. The Bertz CT molecular complexity index is 1330. The summed E-state index contributed by atoms with van der Waals surface area (Å²) in [5.41, 5.74) is 6.68. The van der Waals surface area contributed by atoms with Crippen molar-refractivity contribution < 1.29 is 9.47 Å². The summed E-state index contributed by atoms with van der Waals surface area (Å²) in [4.78, 5) is 9.47. The molecule has 0 atom stereocenters. The molecule has 2 aromatic carbocycles. The van der Waals surface area contributed by atoms with Gasteiger partial charge in [-0.15, -0.1) is 0 Å². The third-order valence-corrected chi connectivity index (χ3v) is 5.27. The minimum atomic E-state index is 0.280. The van der Waals surface area contributed by atoms with Gasteiger partial charge in [0.1, 0.15) is 5.82 Å². The first-order valence-corrected chi connectivity index (χ1v) is 11.3. The van der Waals surface area contributed by atoms with Crippen molar-refractivity contribution in [1.82, 2.24) is 9.97 Å². The zero-order valence-corrected chi connectivity index (χ0v) is 20.8. The Labute approximate surface area is 211 Å². The minimum absolute atomic E-state index is 0.280. The molecule has 3 aromatic rings. The maximum atomic E-state index is 9.06. The van der Waals surface area contributed by atoms with Gasteiger partial charge in [0.25, 0.3) is 0 Å². The van der Waals surface area contributed by atoms with Crippen molar-refractivity contribution in [2.75, 3.05) is 31.5 Å². The van der Waals surface area contributed by atoms with Gasteiger partial charge in [-0.3, -0.25) is 0 Å². The van der Waals surface area contributed by atoms with Crippen molar-refractivity contribution >= 4 is 35.3 Å². The molecule has 0 aliphatic heterocycles. The first-order chi connectivity index (χ1) is 17.5. The van der Waals surface area contributed by atoms with Crippen LogP contribution in [-0.4, -0.2) is 30.8 Å². The van der Waals surface area contributed by atoms with Crippen LogP contribution in [0.25, 0.3) is 12.2 Å². The number of rotatable bonds is 10. The van der Waals surface area contributed by atoms with E-state index in [1.54, 1.807) is 44.6 Å². The highest BCUT2D eigenvalue weighted by Crippen LogP contribution is 2.30. The lowest BCUT2D eigenvalue weighted by Gasteiger charge is -2.18. The lowest BCUT2D eigenvalue weighted by Crippen LogP contribution is -2.09. The molecule has 1 heterocycles. The first kappa shape index (κ1) is 26.1. The first-order valence-electron chi connectivity index (χ1n) is 11.3. The summed E-state index contributed by atoms with van der Waals surface area (Å²) in [6.07, 6.45) is 7.05. The summed E-state index contributed by atoms with van der Waals surface area (Å²) in [6.45, 7) is 4.73. The summed E-state index contributed by atoms with van der Waals surface area (Å²) < 4.78 is 10.6. The van der Waals surface area contributed by atoms with Crippen LogP contribution in [0, 0.1) is 36.5 Å². The second-order valence-corrected chi connectivity index (χ2v) is 7.98. The van der Waals surface area contributed by atoms with Gasteiger partial charge in [-0.05, 0) is 73.0 Å². The molecule has 0 unspecified atom stereocenters. The number of anilines is 4. The molecule has 36 heavy (non-hydrogen) atoms. The third-order valence-electron chi connectivity index (χ3n) is 5.27. The Kier molecular flexibility index (Phi) is 9.30. The van der Waals surface area contributed by atoms with Crippen LogP contribution in [-0.2, 0) is 16.1 Å². The molecule has 0 bridgehead atoms. The molecule has 0 aliphatic carbocycles. The number of methoxy groups -OCH3 is 2. The second kappa shape index (κ2) is 12.8. The number of allylic oxidation sites excluding steroid dienone is 1. The quantitative estimate of drug-likeness (QED) is 0.350. The van der Waals surface area contributed by atoms with Crippen LogP contribution in [0.2, 0.25) is 0 Å². The van der Waals surface area contributed by atoms with E-state index in [1.807, 2.05) is 44.2 Å². The average Bonchev–Trinajstić information content (AvgIpc) is 2.87. The van der Waals surface area contributed by atoms with Crippen LogP contribution in [0.3, 0.4) is 0 Å². The van der Waals surface area contributed by atoms with Crippen LogP contribution in [0.15, 0.2) is 48.6 Å². The summed E-state index contributed by atoms with van der Waals surface area (Å²) in [5.74, 6) is 0.995. The zero-order valence-electron chi connectivity index (χ0n) is 20.8. The molecule has 0 fully saturated rings. The lowest BCUT2D eigenvalue weighted by molar-refractivity contribution is 0.181. The molecule has 0 saturated heterocycles. The molecule has 3 rings (SSSR count). The van der Waals surface area contributed by atoms with Crippen molar-refractivity contribution in [2.45, 2.75) is 20.5 Å². The van der Waals surface area contributed by atoms with Crippen LogP contribution in [0.1, 0.15) is 33.5 Å². The van der Waals surface area contributed by atoms with Gasteiger partial charge < -0.3 is 20.1 Å². The highest BCUT2D eigenvalue weighted by Gasteiger charge is 2.15. The van der Waals surface area contributed by atoms with Crippen LogP contribution < -0.4 is 10.6 Å². The number of ether oxygens (including phenoxy) is 2. The summed E-state index contributed by atoms with van der Waals surface area (Å²) in [5, 5.41) is 24.6. The van der Waals surface area contributed by atoms with Crippen LogP contribution in [0.5, 0.6) is 0 Å². The molecule has 8 heteroatoms. The van der Waals surface area contributed by atoms with Crippen molar-refractivity contribution in [3.8, 4) is 12.1 Å². The Morgan fingerprint density at radius 2 is 1.67 bits per heavy atom. The summed E-state index contributed by atoms with van der Waals surface area (Å²) in [6, 6.07) is 15.2. The summed E-state index contributed by atoms with van der Waals surface area (Å²) in [7, 11) is 3.25. The van der Waals surface area contributed by atoms with Crippen molar-refractivity contribution in [3.05, 3.63) is 82.1 Å². The standard InChI is InChI=1S/C28H28N6O2/c1-19-15-22(7-5-13-29)16-20(2)26(19)33-27-24(8-6-14-35-3)25(18-36-4)32-28(34-27)31-23-11-9-21(17-30)10-12-23/h5-12,15-16H,14,18H2,1-4H3,(H2,31,32,33,34)/b7-5+,8-6+. The number of aromatic nitrogens is 2. The molecule has 0 saturated carbocycles. The fourth-order valence-corrected chi connectivity index (χ4v) is 3.65. The molecule has 1 aromatic heterocycles. The van der Waals surface area contributed by atoms with E-state index in [1.165, 1.54) is 6.08 Å². The SMILES string of the molecule is COC/C=C/c1c(COC)nc(Nc2ccc(C#N)cc2)nc1Nc1c(C)cc(/C=C/C#N)cc1C. The number of hydrogen-bond acceptors (Lipinski definition) is 8. The third kappa shape index (κ3) is 6.77. The van der Waals surface area contributed by atoms with Crippen LogP contribution >= 0.6 is 0 Å². The number of nitrogens with zero attached hydrogens (tertiary/aromatic N) is 4. The highest BCUT2D eigenvalue weighted by molar-refractivity contribution is 5.76. The van der Waals surface area contributed by atoms with E-state index in [9.17, 15) is 0 Å². The van der Waals surface area contributed by atoms with E-state index in [-0.39, 0.29) is 6.61 Å². The molecule has 0 aliphatic rings. The monoisotopic (exact) mass is 480 g/mol. The average molecular weight is 481 g/mol. The number of aryl methyl sites for hydroxylation is 2. The normalized spacial score (nSPS) is 10.9. The number of benzene rings is 2. The van der Waals surface area contributed by atoms with E-state index in [2.05, 4.69) is 21.7 Å². The van der Waals surface area contributed by atoms with Crippen molar-refractivity contribution in [1.29, 1.82) is 10.5 Å². The predicted molar refractivity (Wildman–Crippen MR) is 142 cm³/mol. The molecular formula is C28H28N6O2. The fourth-order valence-electron chi connectivity index (χ4n) is 3.65. The molecule has 0 radical (unpaired) electrons.